The Balaban J connectivity index is 1.92. The van der Waals surface area contributed by atoms with Gasteiger partial charge in [-0.05, 0) is 12.8 Å². The number of carboxylic acid groups (broad SMARTS) is 1. The highest BCUT2D eigenvalue weighted by atomic mass is 16.7. The van der Waals surface area contributed by atoms with Crippen LogP contribution in [0.25, 0.3) is 0 Å². The van der Waals surface area contributed by atoms with Crippen LogP contribution < -0.4 is 0 Å². The predicted molar refractivity (Wildman–Crippen MR) is 35.4 cm³/mol. The van der Waals surface area contributed by atoms with Gasteiger partial charge in [0.05, 0.1) is 12.2 Å². The third-order valence-electron chi connectivity index (χ3n) is 2.30. The molecule has 2 bridgehead atoms. The van der Waals surface area contributed by atoms with Crippen molar-refractivity contribution < 1.29 is 19.4 Å². The zero-order valence-corrected chi connectivity index (χ0v) is 6.03. The molecule has 0 spiro atoms. The molecule has 2 aliphatic rings. The lowest BCUT2D eigenvalue weighted by atomic mass is 9.98. The summed E-state index contributed by atoms with van der Waals surface area (Å²) in [5, 5.41) is 8.32. The Morgan fingerprint density at radius 2 is 2.36 bits per heavy atom. The summed E-state index contributed by atoms with van der Waals surface area (Å²) in [6.07, 6.45) is 1.65. The number of carbonyl (C=O) groups is 1. The van der Waals surface area contributed by atoms with Gasteiger partial charge in [-0.3, -0.25) is 0 Å². The Bertz CT molecular complexity index is 179. The fourth-order valence-corrected chi connectivity index (χ4v) is 1.84. The maximum absolute atomic E-state index is 10.2. The number of ether oxygens (including phenoxy) is 2. The summed E-state index contributed by atoms with van der Waals surface area (Å²) in [7, 11) is 0. The Morgan fingerprint density at radius 3 is 2.82 bits per heavy atom. The van der Waals surface area contributed by atoms with Crippen LogP contribution in [0.4, 0.5) is 4.79 Å². The molecule has 4 nitrogen and oxygen atoms in total. The molecule has 0 aromatic rings. The highest BCUT2D eigenvalue weighted by Crippen LogP contribution is 2.35. The van der Waals surface area contributed by atoms with Crippen LogP contribution in [0, 0.1) is 0 Å². The van der Waals surface area contributed by atoms with Crippen LogP contribution in [0.5, 0.6) is 0 Å². The minimum Gasteiger partial charge on any atom is -0.450 e. The summed E-state index contributed by atoms with van der Waals surface area (Å²) in [6, 6.07) is 0. The van der Waals surface area contributed by atoms with Crippen molar-refractivity contribution in [1.29, 1.82) is 0 Å². The maximum Gasteiger partial charge on any atom is 0.506 e. The van der Waals surface area contributed by atoms with E-state index >= 15 is 0 Å². The molecular weight excluding hydrogens is 148 g/mol. The van der Waals surface area contributed by atoms with E-state index in [2.05, 4.69) is 4.74 Å². The molecule has 11 heavy (non-hydrogen) atoms. The van der Waals surface area contributed by atoms with Crippen molar-refractivity contribution in [3.8, 4) is 0 Å². The van der Waals surface area contributed by atoms with Gasteiger partial charge >= 0.3 is 6.16 Å². The van der Waals surface area contributed by atoms with Gasteiger partial charge in [0.1, 0.15) is 6.10 Å². The molecule has 62 valence electrons. The predicted octanol–water partition coefficient (Wildman–Crippen LogP) is 1.00. The molecule has 4 heteroatoms. The molecule has 3 atom stereocenters. The Hall–Kier alpha value is -0.770. The zero-order valence-electron chi connectivity index (χ0n) is 6.03. The first kappa shape index (κ1) is 6.91. The molecule has 2 rings (SSSR count). The van der Waals surface area contributed by atoms with Crippen molar-refractivity contribution in [2.75, 3.05) is 0 Å². The Morgan fingerprint density at radius 1 is 1.55 bits per heavy atom. The zero-order chi connectivity index (χ0) is 7.84. The maximum atomic E-state index is 10.2. The third kappa shape index (κ3) is 1.18. The fraction of sp³-hybridized carbons (Fsp3) is 0.857. The highest BCUT2D eigenvalue weighted by Gasteiger charge is 2.42. The molecule has 0 aliphatic carbocycles. The summed E-state index contributed by atoms with van der Waals surface area (Å²) in [6.45, 7) is 0. The largest absolute Gasteiger partial charge is 0.506 e. The van der Waals surface area contributed by atoms with E-state index in [1.165, 1.54) is 0 Å². The highest BCUT2D eigenvalue weighted by molar-refractivity contribution is 5.57. The third-order valence-corrected chi connectivity index (χ3v) is 2.30. The molecule has 2 fully saturated rings. The van der Waals surface area contributed by atoms with E-state index in [1.54, 1.807) is 0 Å². The van der Waals surface area contributed by atoms with Gasteiger partial charge in [0.2, 0.25) is 0 Å². The van der Waals surface area contributed by atoms with Gasteiger partial charge in [-0.25, -0.2) is 4.79 Å². The van der Waals surface area contributed by atoms with E-state index < -0.39 is 6.16 Å². The van der Waals surface area contributed by atoms with E-state index in [0.717, 1.165) is 19.3 Å². The Labute approximate surface area is 64.1 Å². The van der Waals surface area contributed by atoms with Gasteiger partial charge in [-0.1, -0.05) is 0 Å². The second kappa shape index (κ2) is 2.37. The quantitative estimate of drug-likeness (QED) is 0.578. The standard InChI is InChI=1S/C7H10O4/c8-7(9)11-6-3-4-1-2-5(6)10-4/h4-6H,1-3H2,(H,8,9). The number of rotatable bonds is 1. The molecule has 0 radical (unpaired) electrons. The summed E-state index contributed by atoms with van der Waals surface area (Å²) < 4.78 is 10.0. The van der Waals surface area contributed by atoms with E-state index in [0.29, 0.717) is 0 Å². The van der Waals surface area contributed by atoms with Crippen LogP contribution in [0.3, 0.4) is 0 Å². The van der Waals surface area contributed by atoms with Crippen molar-refractivity contribution in [2.45, 2.75) is 37.6 Å². The lowest BCUT2D eigenvalue weighted by Crippen LogP contribution is -2.27. The molecule has 1 N–H and O–H groups in total. The molecule has 3 unspecified atom stereocenters. The van der Waals surface area contributed by atoms with Crippen LogP contribution in [0.1, 0.15) is 19.3 Å². The van der Waals surface area contributed by atoms with Gasteiger partial charge in [0.25, 0.3) is 0 Å². The van der Waals surface area contributed by atoms with Crippen molar-refractivity contribution >= 4 is 6.16 Å². The average Bonchev–Trinajstić information content (AvgIpc) is 2.45. The SMILES string of the molecule is O=C(O)OC1CC2CCC1O2. The normalized spacial score (nSPS) is 40.9. The van der Waals surface area contributed by atoms with Gasteiger partial charge < -0.3 is 14.6 Å². The van der Waals surface area contributed by atoms with Gasteiger partial charge in [-0.2, -0.15) is 0 Å². The van der Waals surface area contributed by atoms with E-state index in [-0.39, 0.29) is 18.3 Å². The summed E-state index contributed by atoms with van der Waals surface area (Å²) in [5.74, 6) is 0. The molecular formula is C7H10O4. The van der Waals surface area contributed by atoms with Crippen LogP contribution in [-0.4, -0.2) is 29.6 Å². The fourth-order valence-electron chi connectivity index (χ4n) is 1.84. The molecule has 0 amide bonds. The molecule has 0 aromatic carbocycles. The van der Waals surface area contributed by atoms with Crippen LogP contribution >= 0.6 is 0 Å². The average molecular weight is 158 g/mol. The second-order valence-electron chi connectivity index (χ2n) is 3.03. The topological polar surface area (TPSA) is 55.8 Å². The van der Waals surface area contributed by atoms with Crippen LogP contribution in [-0.2, 0) is 9.47 Å². The second-order valence-corrected chi connectivity index (χ2v) is 3.03. The van der Waals surface area contributed by atoms with Crippen molar-refractivity contribution in [3.05, 3.63) is 0 Å². The number of fused-ring (bicyclic) bond motifs is 2. The number of hydrogen-bond donors (Lipinski definition) is 1. The van der Waals surface area contributed by atoms with E-state index in [9.17, 15) is 4.79 Å². The smallest absolute Gasteiger partial charge is 0.450 e. The van der Waals surface area contributed by atoms with Gasteiger partial charge in [0, 0.05) is 6.42 Å². The van der Waals surface area contributed by atoms with Crippen LogP contribution in [0.15, 0.2) is 0 Å². The lowest BCUT2D eigenvalue weighted by molar-refractivity contribution is 0.0117. The van der Waals surface area contributed by atoms with E-state index in [1.807, 2.05) is 0 Å². The summed E-state index contributed by atoms with van der Waals surface area (Å²) >= 11 is 0. The van der Waals surface area contributed by atoms with Crippen molar-refractivity contribution in [2.24, 2.45) is 0 Å². The molecule has 2 aliphatic heterocycles. The van der Waals surface area contributed by atoms with E-state index in [4.69, 9.17) is 9.84 Å². The summed E-state index contributed by atoms with van der Waals surface area (Å²) in [4.78, 5) is 10.2. The minimum absolute atomic E-state index is 0.0381. The van der Waals surface area contributed by atoms with Gasteiger partial charge in [0.15, 0.2) is 0 Å². The molecule has 0 aromatic heterocycles. The minimum atomic E-state index is -1.19. The first-order chi connectivity index (χ1) is 5.25. The first-order valence-electron chi connectivity index (χ1n) is 3.81. The monoisotopic (exact) mass is 158 g/mol. The van der Waals surface area contributed by atoms with Crippen molar-refractivity contribution in [3.63, 3.8) is 0 Å². The van der Waals surface area contributed by atoms with Crippen LogP contribution in [0.2, 0.25) is 0 Å². The molecule has 0 saturated carbocycles. The number of hydrogen-bond acceptors (Lipinski definition) is 3. The molecule has 2 heterocycles. The molecule has 2 saturated heterocycles. The van der Waals surface area contributed by atoms with Crippen molar-refractivity contribution in [1.82, 2.24) is 0 Å². The first-order valence-corrected chi connectivity index (χ1v) is 3.81. The summed E-state index contributed by atoms with van der Waals surface area (Å²) in [5.41, 5.74) is 0. The van der Waals surface area contributed by atoms with Gasteiger partial charge in [-0.15, -0.1) is 0 Å². The Kier molecular flexibility index (Phi) is 1.49. The lowest BCUT2D eigenvalue weighted by Gasteiger charge is -2.16.